The summed E-state index contributed by atoms with van der Waals surface area (Å²) in [6.07, 6.45) is 3.45. The number of pyridine rings is 1. The van der Waals surface area contributed by atoms with Gasteiger partial charge in [0.2, 0.25) is 0 Å². The van der Waals surface area contributed by atoms with Crippen LogP contribution in [-0.2, 0) is 16.2 Å². The van der Waals surface area contributed by atoms with E-state index in [-0.39, 0.29) is 11.6 Å². The van der Waals surface area contributed by atoms with E-state index in [1.165, 1.54) is 12.1 Å². The largest absolute Gasteiger partial charge is 0.399 e. The number of nitrogens with one attached hydrogen (secondary N) is 2. The molecule has 1 amide bonds. The number of hydrogen-bond donors (Lipinski definition) is 2. The van der Waals surface area contributed by atoms with Crippen LogP contribution in [0.2, 0.25) is 0 Å². The number of oxime groups is 1. The van der Waals surface area contributed by atoms with Crippen LogP contribution in [0.5, 0.6) is 0 Å². The fourth-order valence-corrected chi connectivity index (χ4v) is 2.26. The molecule has 1 aromatic rings. The van der Waals surface area contributed by atoms with E-state index in [0.29, 0.717) is 12.2 Å². The molecular formula is C16H23N5O2. The Kier molecular flexibility index (Phi) is 5.00. The topological polar surface area (TPSA) is 78.9 Å². The van der Waals surface area contributed by atoms with Crippen molar-refractivity contribution in [3.8, 4) is 0 Å². The van der Waals surface area contributed by atoms with Gasteiger partial charge in [-0.25, -0.2) is 5.01 Å². The number of carbonyl (C=O) groups excluding carboxylic acids is 1. The summed E-state index contributed by atoms with van der Waals surface area (Å²) >= 11 is 0. The highest BCUT2D eigenvalue weighted by Crippen LogP contribution is 2.19. The first-order chi connectivity index (χ1) is 10.8. The van der Waals surface area contributed by atoms with Crippen LogP contribution < -0.4 is 10.7 Å². The Balaban J connectivity index is 2.20. The van der Waals surface area contributed by atoms with Gasteiger partial charge in [-0.2, -0.15) is 0 Å². The van der Waals surface area contributed by atoms with Crippen molar-refractivity contribution in [3.05, 3.63) is 42.4 Å². The smallest absolute Gasteiger partial charge is 0.292 e. The second kappa shape index (κ2) is 6.78. The van der Waals surface area contributed by atoms with Crippen molar-refractivity contribution in [2.45, 2.75) is 38.9 Å². The normalized spacial score (nSPS) is 20.6. The van der Waals surface area contributed by atoms with Crippen LogP contribution in [0.15, 0.2) is 42.0 Å². The number of rotatable bonds is 4. The Morgan fingerprint density at radius 2 is 2.09 bits per heavy atom. The van der Waals surface area contributed by atoms with E-state index in [0.717, 1.165) is 5.56 Å². The second-order valence-corrected chi connectivity index (χ2v) is 6.28. The molecule has 0 spiro atoms. The molecule has 23 heavy (non-hydrogen) atoms. The number of aromatic nitrogens is 1. The van der Waals surface area contributed by atoms with Crippen LogP contribution in [0.4, 0.5) is 0 Å². The standard InChI is InChI=1S/C16H23N5O2/c1-11-13(18-10-12-6-8-17-9-7-12)14(20-23-5)15(22)21(19-11)16(2,3)4/h6-9,13,18-19H,1,10H2,2-5H3. The van der Waals surface area contributed by atoms with Gasteiger partial charge in [0.05, 0.1) is 5.54 Å². The second-order valence-electron chi connectivity index (χ2n) is 6.28. The van der Waals surface area contributed by atoms with Crippen molar-refractivity contribution < 1.29 is 9.63 Å². The summed E-state index contributed by atoms with van der Waals surface area (Å²) in [5.74, 6) is -0.237. The zero-order chi connectivity index (χ0) is 17.0. The molecule has 1 fully saturated rings. The van der Waals surface area contributed by atoms with Gasteiger partial charge in [0, 0.05) is 24.6 Å². The Labute approximate surface area is 136 Å². The van der Waals surface area contributed by atoms with Gasteiger partial charge in [-0.1, -0.05) is 11.7 Å². The fourth-order valence-electron chi connectivity index (χ4n) is 2.26. The van der Waals surface area contributed by atoms with Crippen molar-refractivity contribution in [2.24, 2.45) is 5.16 Å². The molecule has 2 rings (SSSR count). The van der Waals surface area contributed by atoms with Crippen LogP contribution in [0.3, 0.4) is 0 Å². The monoisotopic (exact) mass is 317 g/mol. The molecule has 7 heteroatoms. The summed E-state index contributed by atoms with van der Waals surface area (Å²) in [7, 11) is 1.42. The molecule has 2 heterocycles. The SMILES string of the molecule is C=C1NN(C(C)(C)C)C(=O)C(=NOC)C1NCc1ccncc1. The Morgan fingerprint density at radius 3 is 2.65 bits per heavy atom. The molecule has 0 saturated carbocycles. The summed E-state index contributed by atoms with van der Waals surface area (Å²) in [5.41, 5.74) is 4.62. The lowest BCUT2D eigenvalue weighted by Crippen LogP contribution is -2.65. The molecule has 124 valence electrons. The first-order valence-electron chi connectivity index (χ1n) is 7.38. The van der Waals surface area contributed by atoms with Crippen LogP contribution in [0.25, 0.3) is 0 Å². The molecular weight excluding hydrogens is 294 g/mol. The third-order valence-electron chi connectivity index (χ3n) is 3.42. The first kappa shape index (κ1) is 17.0. The maximum absolute atomic E-state index is 12.7. The lowest BCUT2D eigenvalue weighted by molar-refractivity contribution is -0.133. The first-order valence-corrected chi connectivity index (χ1v) is 7.38. The molecule has 1 aliphatic heterocycles. The summed E-state index contributed by atoms with van der Waals surface area (Å²) < 4.78 is 0. The van der Waals surface area contributed by atoms with E-state index in [2.05, 4.69) is 27.5 Å². The molecule has 0 radical (unpaired) electrons. The molecule has 1 atom stereocenters. The van der Waals surface area contributed by atoms with E-state index in [1.54, 1.807) is 12.4 Å². The minimum absolute atomic E-state index is 0.237. The number of nitrogens with zero attached hydrogens (tertiary/aromatic N) is 3. The van der Waals surface area contributed by atoms with E-state index in [1.807, 2.05) is 32.9 Å². The van der Waals surface area contributed by atoms with Gasteiger partial charge in [-0.15, -0.1) is 0 Å². The third-order valence-corrected chi connectivity index (χ3v) is 3.42. The summed E-state index contributed by atoms with van der Waals surface area (Å²) in [6.45, 7) is 10.4. The zero-order valence-electron chi connectivity index (χ0n) is 14.0. The van der Waals surface area contributed by atoms with Crippen LogP contribution >= 0.6 is 0 Å². The average molecular weight is 317 g/mol. The third kappa shape index (κ3) is 3.87. The molecule has 2 N–H and O–H groups in total. The Hall–Kier alpha value is -2.41. The summed E-state index contributed by atoms with van der Waals surface area (Å²) in [5, 5.41) is 8.71. The van der Waals surface area contributed by atoms with Gasteiger partial charge in [0.1, 0.15) is 13.2 Å². The van der Waals surface area contributed by atoms with Gasteiger partial charge in [0.25, 0.3) is 5.91 Å². The highest BCUT2D eigenvalue weighted by Gasteiger charge is 2.40. The molecule has 1 saturated heterocycles. The molecule has 1 aliphatic rings. The number of carbonyl (C=O) groups is 1. The predicted molar refractivity (Wildman–Crippen MR) is 88.2 cm³/mol. The molecule has 7 nitrogen and oxygen atoms in total. The highest BCUT2D eigenvalue weighted by atomic mass is 16.6. The number of hydrogen-bond acceptors (Lipinski definition) is 6. The fraction of sp³-hybridized carbons (Fsp3) is 0.438. The Morgan fingerprint density at radius 1 is 1.43 bits per heavy atom. The predicted octanol–water partition coefficient (Wildman–Crippen LogP) is 1.20. The van der Waals surface area contributed by atoms with Crippen molar-refractivity contribution in [1.29, 1.82) is 0 Å². The average Bonchev–Trinajstić information content (AvgIpc) is 2.50. The number of hydrazine groups is 1. The quantitative estimate of drug-likeness (QED) is 0.816. The zero-order valence-corrected chi connectivity index (χ0v) is 14.0. The van der Waals surface area contributed by atoms with Crippen LogP contribution in [0, 0.1) is 0 Å². The van der Waals surface area contributed by atoms with Crippen molar-refractivity contribution in [1.82, 2.24) is 20.7 Å². The van der Waals surface area contributed by atoms with E-state index in [4.69, 9.17) is 4.84 Å². The lowest BCUT2D eigenvalue weighted by atomic mass is 10.0. The molecule has 0 aliphatic carbocycles. The minimum Gasteiger partial charge on any atom is -0.399 e. The van der Waals surface area contributed by atoms with Crippen molar-refractivity contribution in [2.75, 3.05) is 7.11 Å². The van der Waals surface area contributed by atoms with Gasteiger partial charge in [-0.3, -0.25) is 20.5 Å². The molecule has 0 bridgehead atoms. The van der Waals surface area contributed by atoms with Gasteiger partial charge < -0.3 is 4.84 Å². The van der Waals surface area contributed by atoms with Crippen LogP contribution in [-0.4, -0.2) is 40.3 Å². The summed E-state index contributed by atoms with van der Waals surface area (Å²) in [6, 6.07) is 3.37. The van der Waals surface area contributed by atoms with Crippen LogP contribution in [0.1, 0.15) is 26.3 Å². The highest BCUT2D eigenvalue weighted by molar-refractivity contribution is 6.42. The maximum Gasteiger partial charge on any atom is 0.292 e. The van der Waals surface area contributed by atoms with Crippen molar-refractivity contribution in [3.63, 3.8) is 0 Å². The molecule has 0 aromatic carbocycles. The Bertz CT molecular complexity index is 607. The van der Waals surface area contributed by atoms with Gasteiger partial charge in [-0.05, 0) is 38.5 Å². The van der Waals surface area contributed by atoms with E-state index in [9.17, 15) is 4.79 Å². The summed E-state index contributed by atoms with van der Waals surface area (Å²) in [4.78, 5) is 21.5. The maximum atomic E-state index is 12.7. The van der Waals surface area contributed by atoms with Gasteiger partial charge in [0.15, 0.2) is 5.71 Å². The molecule has 1 unspecified atom stereocenters. The van der Waals surface area contributed by atoms with Crippen molar-refractivity contribution >= 4 is 11.6 Å². The van der Waals surface area contributed by atoms with E-state index >= 15 is 0 Å². The minimum atomic E-state index is -0.436. The van der Waals surface area contributed by atoms with E-state index < -0.39 is 11.6 Å². The van der Waals surface area contributed by atoms with Gasteiger partial charge >= 0.3 is 0 Å². The number of amides is 1. The lowest BCUT2D eigenvalue weighted by Gasteiger charge is -2.42. The molecule has 1 aromatic heterocycles.